The topological polar surface area (TPSA) is 33.7 Å². The molecule has 0 saturated heterocycles. The van der Waals surface area contributed by atoms with Crippen LogP contribution in [0.3, 0.4) is 0 Å². The van der Waals surface area contributed by atoms with E-state index < -0.39 is 0 Å². The lowest BCUT2D eigenvalue weighted by Gasteiger charge is -2.31. The summed E-state index contributed by atoms with van der Waals surface area (Å²) in [6.07, 6.45) is 2.12. The summed E-state index contributed by atoms with van der Waals surface area (Å²) in [6, 6.07) is 61.5. The minimum absolute atomic E-state index is 0.389. The van der Waals surface area contributed by atoms with Gasteiger partial charge in [0.25, 0.3) is 0 Å². The van der Waals surface area contributed by atoms with Crippen LogP contribution >= 0.6 is 0 Å². The molecule has 242 valence electrons. The number of hydrogen-bond donors (Lipinski definition) is 0. The Morgan fingerprint density at radius 2 is 1.04 bits per heavy atom. The summed E-state index contributed by atoms with van der Waals surface area (Å²) >= 11 is 0. The Kier molecular flexibility index (Phi) is 5.40. The van der Waals surface area contributed by atoms with Gasteiger partial charge in [-0.1, -0.05) is 121 Å². The highest BCUT2D eigenvalue weighted by Crippen LogP contribution is 2.63. The van der Waals surface area contributed by atoms with Gasteiger partial charge in [0.05, 0.1) is 10.9 Å². The molecule has 0 aliphatic heterocycles. The number of nitrogens with zero attached hydrogens (tertiary/aromatic N) is 3. The second-order valence-corrected chi connectivity index (χ2v) is 14.0. The summed E-state index contributed by atoms with van der Waals surface area (Å²) in [7, 11) is 0. The Morgan fingerprint density at radius 3 is 1.81 bits per heavy atom. The fourth-order valence-electron chi connectivity index (χ4n) is 9.26. The van der Waals surface area contributed by atoms with E-state index in [9.17, 15) is 0 Å². The lowest BCUT2D eigenvalue weighted by atomic mass is 9.70. The van der Waals surface area contributed by atoms with E-state index in [1.54, 1.807) is 0 Å². The van der Waals surface area contributed by atoms with Gasteiger partial charge in [0.15, 0.2) is 5.82 Å². The Morgan fingerprint density at radius 1 is 0.462 bits per heavy atom. The highest BCUT2D eigenvalue weighted by molar-refractivity contribution is 6.07. The summed E-state index contributed by atoms with van der Waals surface area (Å²) in [4.78, 5) is 2.29. The largest absolute Gasteiger partial charge is 0.456 e. The van der Waals surface area contributed by atoms with E-state index in [1.165, 1.54) is 49.9 Å². The SMILES string of the molecule is c1ccc2c(c1)-c1ccccc1C21c2ccccc2-c2cc(N(c3ccc4oc5ccccc5c4c3)c3cc4cc5ccccc5cn4n3)ccc21. The molecular weight excluding hydrogens is 635 g/mol. The molecule has 12 rings (SSSR count). The molecule has 7 aromatic carbocycles. The van der Waals surface area contributed by atoms with Gasteiger partial charge in [0.2, 0.25) is 0 Å². The van der Waals surface area contributed by atoms with E-state index in [2.05, 4.69) is 169 Å². The average molecular weight is 664 g/mol. The van der Waals surface area contributed by atoms with Gasteiger partial charge in [0, 0.05) is 39.8 Å². The van der Waals surface area contributed by atoms with E-state index in [-0.39, 0.29) is 5.41 Å². The third kappa shape index (κ3) is 3.58. The fraction of sp³-hybridized carbons (Fsp3) is 0.0208. The monoisotopic (exact) mass is 663 g/mol. The Bertz CT molecular complexity index is 3010. The van der Waals surface area contributed by atoms with Crippen LogP contribution in [0, 0.1) is 0 Å². The molecule has 2 aliphatic rings. The minimum Gasteiger partial charge on any atom is -0.456 e. The van der Waals surface area contributed by atoms with Gasteiger partial charge < -0.3 is 4.42 Å². The number of hydrogen-bond acceptors (Lipinski definition) is 3. The molecule has 0 amide bonds. The smallest absolute Gasteiger partial charge is 0.160 e. The maximum absolute atomic E-state index is 6.26. The van der Waals surface area contributed by atoms with Crippen LogP contribution in [0.25, 0.3) is 60.5 Å². The van der Waals surface area contributed by atoms with Gasteiger partial charge >= 0.3 is 0 Å². The summed E-state index contributed by atoms with van der Waals surface area (Å²) in [5, 5.41) is 9.76. The van der Waals surface area contributed by atoms with Crippen molar-refractivity contribution in [3.8, 4) is 22.3 Å². The first kappa shape index (κ1) is 27.9. The molecule has 4 heteroatoms. The van der Waals surface area contributed by atoms with Gasteiger partial charge in [-0.3, -0.25) is 4.90 Å². The minimum atomic E-state index is -0.389. The molecule has 52 heavy (non-hydrogen) atoms. The van der Waals surface area contributed by atoms with Crippen LogP contribution in [0.4, 0.5) is 17.2 Å². The van der Waals surface area contributed by atoms with Gasteiger partial charge in [-0.15, -0.1) is 5.10 Å². The van der Waals surface area contributed by atoms with Crippen molar-refractivity contribution in [2.75, 3.05) is 4.90 Å². The first-order valence-corrected chi connectivity index (χ1v) is 17.8. The second kappa shape index (κ2) is 10.1. The van der Waals surface area contributed by atoms with Crippen molar-refractivity contribution in [3.63, 3.8) is 0 Å². The summed E-state index contributed by atoms with van der Waals surface area (Å²) in [5.41, 5.74) is 14.9. The maximum Gasteiger partial charge on any atom is 0.160 e. The summed E-state index contributed by atoms with van der Waals surface area (Å²) < 4.78 is 8.26. The van der Waals surface area contributed by atoms with E-state index in [0.29, 0.717) is 0 Å². The standard InChI is InChI=1S/C48H29N3O/c1-2-12-31-29-50-34(25-30(31)11-1)28-47(49-50)51(33-22-24-46-40(27-33)38-16-6-10-20-45(38)52-46)32-21-23-44-39(26-32)37-15-5-9-19-43(37)48(44)41-17-7-3-13-35(41)36-14-4-8-18-42(36)48/h1-29H. The first-order chi connectivity index (χ1) is 25.8. The number of aromatic nitrogens is 2. The summed E-state index contributed by atoms with van der Waals surface area (Å²) in [5.74, 6) is 0.847. The molecule has 3 aromatic heterocycles. The van der Waals surface area contributed by atoms with Crippen LogP contribution in [0.1, 0.15) is 22.3 Å². The van der Waals surface area contributed by atoms with Crippen molar-refractivity contribution >= 4 is 55.4 Å². The number of para-hydroxylation sites is 1. The van der Waals surface area contributed by atoms with Crippen LogP contribution < -0.4 is 4.90 Å². The van der Waals surface area contributed by atoms with E-state index in [4.69, 9.17) is 9.52 Å². The molecule has 0 radical (unpaired) electrons. The van der Waals surface area contributed by atoms with Crippen LogP contribution in [-0.4, -0.2) is 9.61 Å². The van der Waals surface area contributed by atoms with E-state index >= 15 is 0 Å². The normalized spacial score (nSPS) is 13.5. The third-order valence-electron chi connectivity index (χ3n) is 11.4. The fourth-order valence-corrected chi connectivity index (χ4v) is 9.26. The second-order valence-electron chi connectivity index (χ2n) is 14.0. The average Bonchev–Trinajstić information content (AvgIpc) is 3.93. The molecule has 2 aliphatic carbocycles. The number of fused-ring (bicyclic) bond motifs is 15. The molecule has 0 bridgehead atoms. The lowest BCUT2D eigenvalue weighted by molar-refractivity contribution is 0.669. The van der Waals surface area contributed by atoms with Gasteiger partial charge in [-0.05, 0) is 92.4 Å². The number of benzene rings is 7. The number of rotatable bonds is 3. The zero-order valence-corrected chi connectivity index (χ0v) is 28.0. The van der Waals surface area contributed by atoms with Crippen LogP contribution in [-0.2, 0) is 5.41 Å². The molecule has 10 aromatic rings. The van der Waals surface area contributed by atoms with E-state index in [0.717, 1.165) is 50.0 Å². The molecule has 0 N–H and O–H groups in total. The molecular formula is C48H29N3O. The highest BCUT2D eigenvalue weighted by atomic mass is 16.3. The van der Waals surface area contributed by atoms with Gasteiger partial charge in [-0.2, -0.15) is 0 Å². The van der Waals surface area contributed by atoms with Crippen molar-refractivity contribution in [1.82, 2.24) is 9.61 Å². The molecule has 0 unspecified atom stereocenters. The molecule has 1 spiro atoms. The molecule has 3 heterocycles. The van der Waals surface area contributed by atoms with Crippen molar-refractivity contribution in [3.05, 3.63) is 198 Å². The third-order valence-corrected chi connectivity index (χ3v) is 11.4. The first-order valence-electron chi connectivity index (χ1n) is 17.8. The predicted octanol–water partition coefficient (Wildman–Crippen LogP) is 12.2. The number of anilines is 3. The van der Waals surface area contributed by atoms with Crippen molar-refractivity contribution in [1.29, 1.82) is 0 Å². The van der Waals surface area contributed by atoms with Crippen LogP contribution in [0.2, 0.25) is 0 Å². The number of pyridine rings is 1. The lowest BCUT2D eigenvalue weighted by Crippen LogP contribution is -2.25. The van der Waals surface area contributed by atoms with Crippen molar-refractivity contribution in [2.45, 2.75) is 5.41 Å². The zero-order valence-electron chi connectivity index (χ0n) is 28.0. The molecule has 0 saturated carbocycles. The predicted molar refractivity (Wildman–Crippen MR) is 211 cm³/mol. The summed E-state index contributed by atoms with van der Waals surface area (Å²) in [6.45, 7) is 0. The Labute approximate surface area is 299 Å². The Balaban J connectivity index is 1.12. The molecule has 4 nitrogen and oxygen atoms in total. The number of furan rings is 1. The zero-order chi connectivity index (χ0) is 34.0. The quantitative estimate of drug-likeness (QED) is 0.189. The van der Waals surface area contributed by atoms with Crippen LogP contribution in [0.15, 0.2) is 180 Å². The van der Waals surface area contributed by atoms with Crippen molar-refractivity contribution < 1.29 is 4.42 Å². The van der Waals surface area contributed by atoms with Crippen molar-refractivity contribution in [2.24, 2.45) is 0 Å². The van der Waals surface area contributed by atoms with E-state index in [1.807, 2.05) is 16.6 Å². The van der Waals surface area contributed by atoms with Gasteiger partial charge in [0.1, 0.15) is 11.2 Å². The highest BCUT2D eigenvalue weighted by Gasteiger charge is 2.51. The Hall–Kier alpha value is -6.91. The molecule has 0 atom stereocenters. The molecule has 0 fully saturated rings. The van der Waals surface area contributed by atoms with Gasteiger partial charge in [-0.25, -0.2) is 4.52 Å². The maximum atomic E-state index is 6.26. The van der Waals surface area contributed by atoms with Crippen LogP contribution in [0.5, 0.6) is 0 Å².